The highest BCUT2D eigenvalue weighted by atomic mass is 32.7. The van der Waals surface area contributed by atoms with Crippen LogP contribution in [0.1, 0.15) is 11.6 Å². The molecule has 7 rings (SSSR count). The number of nitrogen functional groups attached to an aromatic ring is 2. The number of rotatable bonds is 2. The van der Waals surface area contributed by atoms with Crippen LogP contribution in [0.3, 0.4) is 0 Å². The molecule has 4 aromatic rings. The highest BCUT2D eigenvalue weighted by Gasteiger charge is 2.53. The Bertz CT molecular complexity index is 1950. The van der Waals surface area contributed by atoms with E-state index in [4.69, 9.17) is 34.3 Å². The summed E-state index contributed by atoms with van der Waals surface area (Å²) in [5.41, 5.74) is 11.9. The van der Waals surface area contributed by atoms with Crippen molar-refractivity contribution in [2.45, 2.75) is 47.4 Å². The molecular weight excluding hydrogens is 699 g/mol. The van der Waals surface area contributed by atoms with Crippen LogP contribution in [0.2, 0.25) is 0 Å². The number of nitrogens with one attached hydrogen (secondary N) is 1. The zero-order valence-electron chi connectivity index (χ0n) is 22.5. The van der Waals surface area contributed by atoms with Crippen LogP contribution in [0.25, 0.3) is 22.3 Å². The number of aromatic nitrogens is 7. The number of nitrogens with two attached hydrogens (primary N) is 2. The third-order valence-electron chi connectivity index (χ3n) is 7.38. The first-order valence-electron chi connectivity index (χ1n) is 13.1. The van der Waals surface area contributed by atoms with Gasteiger partial charge in [0.05, 0.1) is 42.9 Å². The van der Waals surface area contributed by atoms with Crippen LogP contribution < -0.4 is 17.0 Å². The lowest BCUT2D eigenvalue weighted by Crippen LogP contribution is -2.35. The molecule has 2 bridgehead atoms. The highest BCUT2D eigenvalue weighted by Crippen LogP contribution is 2.62. The molecule has 10 atom stereocenters. The first kappa shape index (κ1) is 31.4. The molecule has 0 saturated carbocycles. The fourth-order valence-electron chi connectivity index (χ4n) is 5.34. The van der Waals surface area contributed by atoms with E-state index in [0.29, 0.717) is 11.2 Å². The smallest absolute Gasteiger partial charge is 0.386 e. The molecule has 3 aliphatic rings. The van der Waals surface area contributed by atoms with Crippen LogP contribution >= 0.6 is 49.9 Å². The molecule has 4 aromatic heterocycles. The Kier molecular flexibility index (Phi) is 8.00. The van der Waals surface area contributed by atoms with Crippen molar-refractivity contribution in [1.29, 1.82) is 0 Å². The van der Waals surface area contributed by atoms with Crippen molar-refractivity contribution in [3.05, 3.63) is 35.3 Å². The molecule has 242 valence electrons. The van der Waals surface area contributed by atoms with Gasteiger partial charge in [-0.2, -0.15) is 4.98 Å². The van der Waals surface area contributed by atoms with E-state index < -0.39 is 79.8 Å². The highest BCUT2D eigenvalue weighted by molar-refractivity contribution is 8.44. The van der Waals surface area contributed by atoms with Crippen molar-refractivity contribution in [2.24, 2.45) is 0 Å². The Morgan fingerprint density at radius 3 is 2.49 bits per heavy atom. The molecule has 0 amide bonds. The Morgan fingerprint density at radius 1 is 1.02 bits per heavy atom. The van der Waals surface area contributed by atoms with Crippen molar-refractivity contribution in [3.8, 4) is 0 Å². The molecule has 45 heavy (non-hydrogen) atoms. The largest absolute Gasteiger partial charge is 0.397 e. The summed E-state index contributed by atoms with van der Waals surface area (Å²) in [6, 6.07) is 1.53. The number of anilines is 2. The van der Waals surface area contributed by atoms with Gasteiger partial charge in [-0.25, -0.2) is 28.5 Å². The summed E-state index contributed by atoms with van der Waals surface area (Å²) in [5, 5.41) is 9.40. The van der Waals surface area contributed by atoms with Gasteiger partial charge in [-0.1, -0.05) is 24.5 Å². The molecule has 3 fully saturated rings. The number of aliphatic hydroxyl groups is 1. The maximum atomic E-state index is 16.0. The number of fused-ring (bicyclic) bond motifs is 5. The van der Waals surface area contributed by atoms with Crippen LogP contribution in [-0.4, -0.2) is 88.2 Å². The molecule has 18 nitrogen and oxygen atoms in total. The van der Waals surface area contributed by atoms with E-state index in [0.717, 1.165) is 11.8 Å². The normalized spacial score (nSPS) is 37.7. The average Bonchev–Trinajstić information content (AvgIpc) is 3.72. The second-order valence-electron chi connectivity index (χ2n) is 10.2. The number of aliphatic hydroxyl groups excluding tert-OH is 1. The van der Waals surface area contributed by atoms with E-state index in [-0.39, 0.29) is 22.8 Å². The predicted molar refractivity (Wildman–Crippen MR) is 165 cm³/mol. The number of pyridine rings is 1. The lowest BCUT2D eigenvalue weighted by Gasteiger charge is -2.26. The zero-order valence-corrected chi connectivity index (χ0v) is 26.9. The number of thioether (sulfide) groups is 1. The number of nitrogens with zero attached hydrogens (tertiary/aromatic N) is 6. The van der Waals surface area contributed by atoms with Crippen molar-refractivity contribution in [3.63, 3.8) is 0 Å². The maximum Gasteiger partial charge on any atom is 0.386 e. The van der Waals surface area contributed by atoms with E-state index in [2.05, 4.69) is 49.4 Å². The van der Waals surface area contributed by atoms with Gasteiger partial charge in [0.2, 0.25) is 5.95 Å². The molecule has 3 saturated heterocycles. The molecule has 3 aliphatic heterocycles. The summed E-state index contributed by atoms with van der Waals surface area (Å²) < 4.78 is 73.9. The van der Waals surface area contributed by atoms with Gasteiger partial charge in [0, 0.05) is 6.20 Å². The third kappa shape index (κ3) is 5.69. The fraction of sp³-hybridized carbons (Fsp3) is 0.476. The Hall–Kier alpha value is -2.23. The number of ether oxygens (including phenoxy) is 1. The topological polar surface area (TPSA) is 247 Å². The van der Waals surface area contributed by atoms with Crippen LogP contribution in [0, 0.1) is 0 Å². The second-order valence-corrected chi connectivity index (χ2v) is 17.3. The lowest BCUT2D eigenvalue weighted by molar-refractivity contribution is -0.0427. The third-order valence-corrected chi connectivity index (χ3v) is 12.2. The monoisotopic (exact) mass is 723 g/mol. The van der Waals surface area contributed by atoms with Crippen LogP contribution in [0.5, 0.6) is 0 Å². The summed E-state index contributed by atoms with van der Waals surface area (Å²) in [5.74, 6) is -0.188. The number of alkyl halides is 1. The van der Waals surface area contributed by atoms with Gasteiger partial charge in [-0.05, 0) is 6.07 Å². The minimum Gasteiger partial charge on any atom is -0.397 e. The number of hydrogen-bond donors (Lipinski definition) is 6. The van der Waals surface area contributed by atoms with E-state index in [1.165, 1.54) is 34.1 Å². The van der Waals surface area contributed by atoms with E-state index >= 15 is 4.39 Å². The van der Waals surface area contributed by atoms with Crippen LogP contribution in [-0.2, 0) is 32.0 Å². The maximum absolute atomic E-state index is 16.0. The summed E-state index contributed by atoms with van der Waals surface area (Å²) in [7, 11) is 0. The number of imidazole rings is 2. The van der Waals surface area contributed by atoms with Crippen molar-refractivity contribution in [2.75, 3.05) is 24.7 Å². The standard InChI is InChI=1S/C21H24FN9O9P2S3/c22-10-14-8(38-19(10)30-5-26-11-7(23)1-2-25-16(11)30)3-36-41(34,43)40-15-13(32)9(4-37-42(35,44)39-14)45-20(15)31-6-27-12-17(31)28-21(24)29-18(12)33/h1-2,5-6,8-10,13-15,19-20,32H,3-4H2,(H2,23,25)(H,34,43)(H,35,44)(H3,24,28,29,33)/t8-,9-,10+,13-,14-,15-,19-,20-,41-,42-/m1/s1. The minimum atomic E-state index is -4.34. The van der Waals surface area contributed by atoms with Gasteiger partial charge in [-0.15, -0.1) is 11.8 Å². The molecule has 0 aliphatic carbocycles. The molecular formula is C21H24FN9O9P2S3. The van der Waals surface area contributed by atoms with Gasteiger partial charge >= 0.3 is 13.6 Å². The second kappa shape index (κ2) is 11.5. The van der Waals surface area contributed by atoms with Gasteiger partial charge < -0.3 is 21.3 Å². The molecule has 0 aromatic carbocycles. The van der Waals surface area contributed by atoms with Gasteiger partial charge in [0.25, 0.3) is 5.56 Å². The van der Waals surface area contributed by atoms with E-state index in [1.54, 1.807) is 0 Å². The molecule has 0 unspecified atom stereocenters. The van der Waals surface area contributed by atoms with Gasteiger partial charge in [-0.3, -0.25) is 37.0 Å². The quantitative estimate of drug-likeness (QED) is 0.128. The first-order chi connectivity index (χ1) is 21.3. The van der Waals surface area contributed by atoms with E-state index in [1.807, 2.05) is 0 Å². The summed E-state index contributed by atoms with van der Waals surface area (Å²) in [6.07, 6.45) is -5.09. The van der Waals surface area contributed by atoms with E-state index in [9.17, 15) is 19.0 Å². The summed E-state index contributed by atoms with van der Waals surface area (Å²) in [6.45, 7) is -9.73. The SMILES string of the molecule is Nc1nc2c(ncn2[C@@H]2S[C@@H]3CO[P@@](=O)(S)O[C@H]4[C@H](F)[C@H](n5cnc6c(N)ccnc65)O[C@@H]4CO[P@@](=O)(S)O[C@@H]2[C@@H]3O)c(=O)[nH]1. The molecule has 24 heteroatoms. The number of thiol groups is 2. The fourth-order valence-corrected chi connectivity index (χ4v) is 9.97. The molecule has 0 spiro atoms. The Balaban J connectivity index is 1.21. The summed E-state index contributed by atoms with van der Waals surface area (Å²) in [4.78, 5) is 31.3. The lowest BCUT2D eigenvalue weighted by atomic mass is 10.1. The number of H-pyrrole nitrogens is 1. The van der Waals surface area contributed by atoms with Crippen LogP contribution in [0.4, 0.5) is 16.0 Å². The molecule has 0 radical (unpaired) electrons. The molecule has 6 N–H and O–H groups in total. The van der Waals surface area contributed by atoms with Crippen LogP contribution in [0.15, 0.2) is 29.7 Å². The van der Waals surface area contributed by atoms with Crippen molar-refractivity contribution < 1.29 is 41.5 Å². The van der Waals surface area contributed by atoms with Gasteiger partial charge in [0.15, 0.2) is 29.2 Å². The first-order valence-corrected chi connectivity index (χ1v) is 19.4. The van der Waals surface area contributed by atoms with Crippen molar-refractivity contribution >= 4 is 83.8 Å². The van der Waals surface area contributed by atoms with Gasteiger partial charge in [0.1, 0.15) is 29.2 Å². The Labute approximate surface area is 266 Å². The number of aromatic amines is 1. The zero-order chi connectivity index (χ0) is 31.8. The average molecular weight is 724 g/mol. The Morgan fingerprint density at radius 2 is 1.71 bits per heavy atom. The predicted octanol–water partition coefficient (Wildman–Crippen LogP) is 1.83. The number of halogens is 1. The summed E-state index contributed by atoms with van der Waals surface area (Å²) >= 11 is 9.19. The molecule has 7 heterocycles. The minimum absolute atomic E-state index is 0.0472. The number of hydrogen-bond acceptors (Lipinski definition) is 16. The van der Waals surface area contributed by atoms with Crippen molar-refractivity contribution in [1.82, 2.24) is 34.1 Å².